The van der Waals surface area contributed by atoms with E-state index in [0.717, 1.165) is 0 Å². The molecular weight excluding hydrogens is 285 g/mol. The number of hydrogen-bond acceptors (Lipinski definition) is 4. The van der Waals surface area contributed by atoms with Crippen molar-refractivity contribution in [1.29, 1.82) is 0 Å². The molecule has 8 heteroatoms. The summed E-state index contributed by atoms with van der Waals surface area (Å²) in [7, 11) is 0. The number of carbonyl (C=O) groups excluding carboxylic acids is 1. The minimum absolute atomic E-state index is 0.210. The van der Waals surface area contributed by atoms with Crippen molar-refractivity contribution < 1.29 is 18.0 Å². The highest BCUT2D eigenvalue weighted by molar-refractivity contribution is 9.09. The van der Waals surface area contributed by atoms with Crippen molar-refractivity contribution in [2.45, 2.75) is 11.0 Å². The number of anilines is 1. The van der Waals surface area contributed by atoms with Crippen LogP contribution in [0, 0.1) is 0 Å². The fourth-order valence-corrected chi connectivity index (χ4v) is 2.09. The van der Waals surface area contributed by atoms with Crippen molar-refractivity contribution >= 4 is 38.7 Å². The van der Waals surface area contributed by atoms with Gasteiger partial charge in [0, 0.05) is 0 Å². The summed E-state index contributed by atoms with van der Waals surface area (Å²) >= 11 is 3.43. The first-order chi connectivity index (χ1) is 6.36. The Hall–Kier alpha value is -0.630. The maximum Gasteiger partial charge on any atom is 0.434 e. The van der Waals surface area contributed by atoms with Crippen molar-refractivity contribution in [3.8, 4) is 0 Å². The Kier molecular flexibility index (Phi) is 3.15. The van der Waals surface area contributed by atoms with Crippen LogP contribution in [0.3, 0.4) is 0 Å². The van der Waals surface area contributed by atoms with Crippen LogP contribution in [-0.4, -0.2) is 11.3 Å². The monoisotopic (exact) mass is 288 g/mol. The Morgan fingerprint density at radius 2 is 2.14 bits per heavy atom. The first-order valence-corrected chi connectivity index (χ1v) is 5.02. The average Bonchev–Trinajstić information content (AvgIpc) is 2.45. The van der Waals surface area contributed by atoms with Crippen molar-refractivity contribution in [1.82, 2.24) is 4.98 Å². The minimum atomic E-state index is -4.58. The third-order valence-electron chi connectivity index (χ3n) is 1.31. The van der Waals surface area contributed by atoms with E-state index in [1.807, 2.05) is 0 Å². The number of alkyl halides is 4. The predicted octanol–water partition coefficient (Wildman–Crippen LogP) is 2.38. The fourth-order valence-electron chi connectivity index (χ4n) is 0.801. The van der Waals surface area contributed by atoms with Crippen LogP contribution in [0.25, 0.3) is 0 Å². The molecule has 0 aromatic carbocycles. The van der Waals surface area contributed by atoms with Gasteiger partial charge in [0.2, 0.25) is 0 Å². The largest absolute Gasteiger partial charge is 0.434 e. The summed E-state index contributed by atoms with van der Waals surface area (Å²) in [5.74, 6) is 0. The van der Waals surface area contributed by atoms with Gasteiger partial charge >= 0.3 is 6.18 Å². The van der Waals surface area contributed by atoms with Crippen LogP contribution in [0.1, 0.15) is 15.4 Å². The van der Waals surface area contributed by atoms with Crippen molar-refractivity contribution in [2.24, 2.45) is 0 Å². The molecule has 2 N–H and O–H groups in total. The van der Waals surface area contributed by atoms with Gasteiger partial charge in [0.15, 0.2) is 10.8 Å². The zero-order valence-electron chi connectivity index (χ0n) is 6.51. The second kappa shape index (κ2) is 3.85. The van der Waals surface area contributed by atoms with Crippen LogP contribution in [0.5, 0.6) is 0 Å². The van der Waals surface area contributed by atoms with Crippen molar-refractivity contribution in [3.05, 3.63) is 10.6 Å². The molecule has 78 valence electrons. The number of nitrogen functional groups attached to an aromatic ring is 1. The number of carbonyl (C=O) groups is 1. The van der Waals surface area contributed by atoms with Gasteiger partial charge in [-0.2, -0.15) is 13.2 Å². The Labute approximate surface area is 89.3 Å². The summed E-state index contributed by atoms with van der Waals surface area (Å²) in [5.41, 5.74) is 4.04. The van der Waals surface area contributed by atoms with E-state index in [1.54, 1.807) is 0 Å². The highest BCUT2D eigenvalue weighted by Gasteiger charge is 2.38. The average molecular weight is 289 g/mol. The highest BCUT2D eigenvalue weighted by atomic mass is 79.9. The van der Waals surface area contributed by atoms with Crippen LogP contribution in [-0.2, 0) is 11.0 Å². The molecule has 0 spiro atoms. The van der Waals surface area contributed by atoms with Gasteiger partial charge in [-0.25, -0.2) is 4.98 Å². The quantitative estimate of drug-likeness (QED) is 0.671. The summed E-state index contributed by atoms with van der Waals surface area (Å²) < 4.78 is 36.9. The molecule has 1 aromatic rings. The molecule has 1 atom stereocenters. The lowest BCUT2D eigenvalue weighted by molar-refractivity contribution is -0.141. The second-order valence-electron chi connectivity index (χ2n) is 2.30. The molecule has 0 saturated carbocycles. The van der Waals surface area contributed by atoms with Gasteiger partial charge in [0.1, 0.15) is 11.1 Å². The van der Waals surface area contributed by atoms with E-state index in [-0.39, 0.29) is 10.0 Å². The van der Waals surface area contributed by atoms with E-state index in [9.17, 15) is 18.0 Å². The maximum absolute atomic E-state index is 12.3. The minimum Gasteiger partial charge on any atom is -0.375 e. The van der Waals surface area contributed by atoms with Gasteiger partial charge in [-0.1, -0.05) is 15.9 Å². The van der Waals surface area contributed by atoms with Crippen molar-refractivity contribution in [2.75, 3.05) is 5.73 Å². The van der Waals surface area contributed by atoms with E-state index in [1.165, 1.54) is 0 Å². The van der Waals surface area contributed by atoms with E-state index < -0.39 is 16.7 Å². The van der Waals surface area contributed by atoms with Gasteiger partial charge in [-0.15, -0.1) is 11.3 Å². The van der Waals surface area contributed by atoms with Gasteiger partial charge in [0.25, 0.3) is 0 Å². The zero-order valence-corrected chi connectivity index (χ0v) is 8.91. The molecule has 0 radical (unpaired) electrons. The standard InChI is InChI=1S/C6H4BrF3N2OS/c7-2(1-13)3-4(6(8,9)10)12-5(11)14-3/h1-2H,(H2,11,12). The van der Waals surface area contributed by atoms with Crippen LogP contribution in [0.2, 0.25) is 0 Å². The molecular formula is C6H4BrF3N2OS. The number of aldehydes is 1. The maximum atomic E-state index is 12.3. The highest BCUT2D eigenvalue weighted by Crippen LogP contribution is 2.40. The van der Waals surface area contributed by atoms with Crippen LogP contribution >= 0.6 is 27.3 Å². The zero-order chi connectivity index (χ0) is 10.9. The van der Waals surface area contributed by atoms with E-state index in [4.69, 9.17) is 5.73 Å². The first kappa shape index (κ1) is 11.4. The lowest BCUT2D eigenvalue weighted by atomic mass is 10.3. The number of nitrogens with two attached hydrogens (primary N) is 1. The summed E-state index contributed by atoms with van der Waals surface area (Å²) in [6, 6.07) is 0. The van der Waals surface area contributed by atoms with Crippen molar-refractivity contribution in [3.63, 3.8) is 0 Å². The lowest BCUT2D eigenvalue weighted by Crippen LogP contribution is -2.09. The van der Waals surface area contributed by atoms with Crippen LogP contribution < -0.4 is 5.73 Å². The fraction of sp³-hybridized carbons (Fsp3) is 0.333. The topological polar surface area (TPSA) is 56.0 Å². The van der Waals surface area contributed by atoms with Crippen LogP contribution in [0.15, 0.2) is 0 Å². The third kappa shape index (κ3) is 2.24. The SMILES string of the molecule is Nc1nc(C(F)(F)F)c(C(Br)C=O)s1. The summed E-state index contributed by atoms with van der Waals surface area (Å²) in [6.45, 7) is 0. The normalized spacial score (nSPS) is 14.0. The number of halogens is 4. The van der Waals surface area contributed by atoms with Gasteiger partial charge < -0.3 is 10.5 Å². The van der Waals surface area contributed by atoms with E-state index in [0.29, 0.717) is 17.6 Å². The molecule has 1 aromatic heterocycles. The molecule has 1 heterocycles. The summed E-state index contributed by atoms with van der Waals surface area (Å²) in [4.78, 5) is 12.2. The number of aromatic nitrogens is 1. The van der Waals surface area contributed by atoms with Gasteiger partial charge in [0.05, 0.1) is 4.88 Å². The molecule has 3 nitrogen and oxygen atoms in total. The Balaban J connectivity index is 3.22. The molecule has 1 rings (SSSR count). The molecule has 0 amide bonds. The van der Waals surface area contributed by atoms with Gasteiger partial charge in [-0.3, -0.25) is 0 Å². The van der Waals surface area contributed by atoms with E-state index in [2.05, 4.69) is 20.9 Å². The number of hydrogen-bond donors (Lipinski definition) is 1. The van der Waals surface area contributed by atoms with Gasteiger partial charge in [-0.05, 0) is 0 Å². The molecule has 14 heavy (non-hydrogen) atoms. The smallest absolute Gasteiger partial charge is 0.375 e. The Bertz CT molecular complexity index is 351. The number of thiazole rings is 1. The van der Waals surface area contributed by atoms with Crippen LogP contribution in [0.4, 0.5) is 18.3 Å². The Morgan fingerprint density at radius 1 is 1.57 bits per heavy atom. The lowest BCUT2D eigenvalue weighted by Gasteiger charge is -2.05. The van der Waals surface area contributed by atoms with E-state index >= 15 is 0 Å². The molecule has 0 aliphatic rings. The second-order valence-corrected chi connectivity index (χ2v) is 4.35. The number of nitrogens with zero attached hydrogens (tertiary/aromatic N) is 1. The Morgan fingerprint density at radius 3 is 2.57 bits per heavy atom. The predicted molar refractivity (Wildman–Crippen MR) is 49.3 cm³/mol. The molecule has 0 aliphatic carbocycles. The number of rotatable bonds is 2. The molecule has 0 saturated heterocycles. The third-order valence-corrected chi connectivity index (χ3v) is 3.25. The summed E-state index contributed by atoms with van der Waals surface area (Å²) in [6.07, 6.45) is -4.24. The molecule has 1 unspecified atom stereocenters. The molecule has 0 aliphatic heterocycles. The molecule has 0 bridgehead atoms. The summed E-state index contributed by atoms with van der Waals surface area (Å²) in [5, 5.41) is -0.210. The first-order valence-electron chi connectivity index (χ1n) is 3.29. The molecule has 0 fully saturated rings.